The SMILES string of the molecule is c1cnc2c(NCC3CNCCO3)nc(-c3ccc(N4CCC5(CS5)C4)cc3)cc2n1. The Labute approximate surface area is 186 Å². The van der Waals surface area contributed by atoms with E-state index in [4.69, 9.17) is 9.72 Å². The lowest BCUT2D eigenvalue weighted by atomic mass is 10.1. The largest absolute Gasteiger partial charge is 0.374 e. The van der Waals surface area contributed by atoms with Gasteiger partial charge in [0.05, 0.1) is 23.9 Å². The van der Waals surface area contributed by atoms with Crippen LogP contribution in [0, 0.1) is 0 Å². The Hall–Kier alpha value is -2.42. The van der Waals surface area contributed by atoms with Crippen LogP contribution in [0.4, 0.5) is 11.5 Å². The third-order valence-electron chi connectivity index (χ3n) is 6.36. The van der Waals surface area contributed by atoms with Crippen LogP contribution in [0.2, 0.25) is 0 Å². The van der Waals surface area contributed by atoms with Gasteiger partial charge >= 0.3 is 0 Å². The van der Waals surface area contributed by atoms with Crippen LogP contribution in [-0.2, 0) is 4.74 Å². The summed E-state index contributed by atoms with van der Waals surface area (Å²) in [6, 6.07) is 10.8. The van der Waals surface area contributed by atoms with Crippen molar-refractivity contribution in [1.82, 2.24) is 20.3 Å². The number of pyridine rings is 1. The van der Waals surface area contributed by atoms with Gasteiger partial charge in [0.1, 0.15) is 5.52 Å². The van der Waals surface area contributed by atoms with Crippen molar-refractivity contribution in [3.8, 4) is 11.3 Å². The highest BCUT2D eigenvalue weighted by Gasteiger charge is 2.49. The minimum absolute atomic E-state index is 0.124. The molecule has 8 heteroatoms. The number of thioether (sulfide) groups is 1. The summed E-state index contributed by atoms with van der Waals surface area (Å²) in [4.78, 5) is 16.5. The van der Waals surface area contributed by atoms with Crippen LogP contribution in [-0.4, -0.2) is 70.9 Å². The maximum atomic E-state index is 5.81. The van der Waals surface area contributed by atoms with Crippen molar-refractivity contribution in [2.24, 2.45) is 0 Å². The number of morpholine rings is 1. The molecule has 3 aromatic rings. The molecule has 0 amide bonds. The predicted molar refractivity (Wildman–Crippen MR) is 126 cm³/mol. The molecule has 0 radical (unpaired) electrons. The summed E-state index contributed by atoms with van der Waals surface area (Å²) in [5.41, 5.74) is 4.92. The molecule has 160 valence electrons. The quantitative estimate of drug-likeness (QED) is 0.594. The summed E-state index contributed by atoms with van der Waals surface area (Å²) in [5.74, 6) is 2.08. The van der Waals surface area contributed by atoms with Gasteiger partial charge in [-0.3, -0.25) is 4.98 Å². The maximum absolute atomic E-state index is 5.81. The first-order valence-corrected chi connectivity index (χ1v) is 11.9. The molecular formula is C23H26N6OS. The number of aromatic nitrogens is 3. The van der Waals surface area contributed by atoms with Crippen LogP contribution >= 0.6 is 11.8 Å². The second-order valence-electron chi connectivity index (χ2n) is 8.55. The highest BCUT2D eigenvalue weighted by atomic mass is 32.2. The Kier molecular flexibility index (Phi) is 4.93. The minimum Gasteiger partial charge on any atom is -0.374 e. The van der Waals surface area contributed by atoms with Gasteiger partial charge < -0.3 is 20.3 Å². The molecule has 2 aromatic heterocycles. The van der Waals surface area contributed by atoms with Crippen molar-refractivity contribution in [3.63, 3.8) is 0 Å². The van der Waals surface area contributed by atoms with Gasteiger partial charge in [0, 0.05) is 66.9 Å². The van der Waals surface area contributed by atoms with Crippen LogP contribution < -0.4 is 15.5 Å². The number of rotatable bonds is 5. The van der Waals surface area contributed by atoms with E-state index in [2.05, 4.69) is 61.5 Å². The lowest BCUT2D eigenvalue weighted by Gasteiger charge is -2.24. The summed E-state index contributed by atoms with van der Waals surface area (Å²) in [7, 11) is 0. The molecule has 2 atom stereocenters. The molecule has 3 fully saturated rings. The lowest BCUT2D eigenvalue weighted by molar-refractivity contribution is 0.0372. The molecule has 1 spiro atoms. The molecule has 1 aromatic carbocycles. The van der Waals surface area contributed by atoms with Crippen molar-refractivity contribution >= 4 is 34.3 Å². The molecule has 6 rings (SSSR count). The molecule has 7 nitrogen and oxygen atoms in total. The fraction of sp³-hybridized carbons (Fsp3) is 0.435. The second kappa shape index (κ2) is 7.93. The summed E-state index contributed by atoms with van der Waals surface area (Å²) in [6.07, 6.45) is 4.87. The fourth-order valence-electron chi connectivity index (χ4n) is 4.45. The van der Waals surface area contributed by atoms with E-state index in [1.54, 1.807) is 12.4 Å². The Bertz CT molecular complexity index is 1080. The van der Waals surface area contributed by atoms with Gasteiger partial charge in [-0.2, -0.15) is 11.8 Å². The average Bonchev–Trinajstić information content (AvgIpc) is 3.46. The predicted octanol–water partition coefficient (Wildman–Crippen LogP) is 2.79. The van der Waals surface area contributed by atoms with Gasteiger partial charge in [0.15, 0.2) is 5.82 Å². The van der Waals surface area contributed by atoms with E-state index in [1.807, 2.05) is 6.07 Å². The zero-order chi connectivity index (χ0) is 20.7. The second-order valence-corrected chi connectivity index (χ2v) is 9.99. The third kappa shape index (κ3) is 3.95. The van der Waals surface area contributed by atoms with Crippen molar-refractivity contribution in [3.05, 3.63) is 42.7 Å². The summed E-state index contributed by atoms with van der Waals surface area (Å²) < 4.78 is 6.36. The first-order valence-electron chi connectivity index (χ1n) is 11.0. The number of hydrogen-bond donors (Lipinski definition) is 2. The average molecular weight is 435 g/mol. The van der Waals surface area contributed by atoms with E-state index in [1.165, 1.54) is 24.4 Å². The lowest BCUT2D eigenvalue weighted by Crippen LogP contribution is -2.42. The summed E-state index contributed by atoms with van der Waals surface area (Å²) in [5, 5.41) is 6.81. The van der Waals surface area contributed by atoms with Crippen LogP contribution in [0.15, 0.2) is 42.7 Å². The van der Waals surface area contributed by atoms with Crippen LogP contribution in [0.25, 0.3) is 22.3 Å². The molecule has 3 aliphatic heterocycles. The molecule has 0 saturated carbocycles. The molecule has 2 unspecified atom stereocenters. The molecule has 0 bridgehead atoms. The number of nitrogens with zero attached hydrogens (tertiary/aromatic N) is 4. The van der Waals surface area contributed by atoms with E-state index in [0.717, 1.165) is 54.3 Å². The molecule has 31 heavy (non-hydrogen) atoms. The van der Waals surface area contributed by atoms with E-state index in [9.17, 15) is 0 Å². The smallest absolute Gasteiger partial charge is 0.154 e. The summed E-state index contributed by atoms with van der Waals surface area (Å²) >= 11 is 2.11. The van der Waals surface area contributed by atoms with Crippen molar-refractivity contribution in [1.29, 1.82) is 0 Å². The number of benzene rings is 1. The first kappa shape index (κ1) is 19.3. The van der Waals surface area contributed by atoms with Crippen molar-refractivity contribution in [2.45, 2.75) is 17.3 Å². The monoisotopic (exact) mass is 434 g/mol. The molecule has 0 aliphatic carbocycles. The van der Waals surface area contributed by atoms with E-state index >= 15 is 0 Å². The van der Waals surface area contributed by atoms with Crippen molar-refractivity contribution in [2.75, 3.05) is 55.3 Å². The zero-order valence-corrected chi connectivity index (χ0v) is 18.2. The van der Waals surface area contributed by atoms with Gasteiger partial charge in [0.25, 0.3) is 0 Å². The minimum atomic E-state index is 0.124. The number of anilines is 2. The Morgan fingerprint density at radius 1 is 1.23 bits per heavy atom. The van der Waals surface area contributed by atoms with Crippen LogP contribution in [0.1, 0.15) is 6.42 Å². The number of hydrogen-bond acceptors (Lipinski definition) is 8. The number of fused-ring (bicyclic) bond motifs is 1. The van der Waals surface area contributed by atoms with Gasteiger partial charge in [-0.05, 0) is 24.6 Å². The Morgan fingerprint density at radius 2 is 2.10 bits per heavy atom. The Morgan fingerprint density at radius 3 is 2.87 bits per heavy atom. The molecule has 3 aliphatic rings. The molecule has 2 N–H and O–H groups in total. The highest BCUT2D eigenvalue weighted by molar-refractivity contribution is 8.07. The maximum Gasteiger partial charge on any atom is 0.154 e. The molecule has 5 heterocycles. The van der Waals surface area contributed by atoms with Gasteiger partial charge in [-0.25, -0.2) is 9.97 Å². The highest BCUT2D eigenvalue weighted by Crippen LogP contribution is 2.51. The number of ether oxygens (including phenoxy) is 1. The van der Waals surface area contributed by atoms with E-state index < -0.39 is 0 Å². The first-order chi connectivity index (χ1) is 15.3. The van der Waals surface area contributed by atoms with E-state index in [0.29, 0.717) is 11.3 Å². The van der Waals surface area contributed by atoms with Crippen LogP contribution in [0.3, 0.4) is 0 Å². The molecule has 3 saturated heterocycles. The fourth-order valence-corrected chi connectivity index (χ4v) is 5.37. The van der Waals surface area contributed by atoms with Crippen molar-refractivity contribution < 1.29 is 4.74 Å². The van der Waals surface area contributed by atoms with Gasteiger partial charge in [0.2, 0.25) is 0 Å². The molecular weight excluding hydrogens is 408 g/mol. The van der Waals surface area contributed by atoms with Crippen LogP contribution in [0.5, 0.6) is 0 Å². The normalized spacial score (nSPS) is 25.3. The standard InChI is InChI=1S/C23H26N6OS/c1-3-17(29-9-5-23(14-29)15-31-23)4-2-16(1)19-11-20-21(26-7-6-25-20)22(28-19)27-13-18-12-24-8-10-30-18/h1-4,6-7,11,18,24H,5,8-10,12-15H2,(H,27,28). The van der Waals surface area contributed by atoms with Gasteiger partial charge in [-0.1, -0.05) is 12.1 Å². The number of nitrogens with one attached hydrogen (secondary N) is 2. The third-order valence-corrected chi connectivity index (χ3v) is 7.79. The summed E-state index contributed by atoms with van der Waals surface area (Å²) in [6.45, 7) is 5.50. The van der Waals surface area contributed by atoms with E-state index in [-0.39, 0.29) is 6.10 Å². The topological polar surface area (TPSA) is 75.2 Å². The zero-order valence-electron chi connectivity index (χ0n) is 17.4. The van der Waals surface area contributed by atoms with Gasteiger partial charge in [-0.15, -0.1) is 0 Å². The Balaban J connectivity index is 1.26.